The zero-order chi connectivity index (χ0) is 19.1. The molecule has 2 aliphatic carbocycles. The van der Waals surface area contributed by atoms with Crippen molar-refractivity contribution in [2.45, 2.75) is 84.0 Å². The molecule has 3 rings (SSSR count). The maximum atomic E-state index is 13.2. The molecular formula is C24H36F2O. The number of halogens is 2. The van der Waals surface area contributed by atoms with E-state index in [0.29, 0.717) is 12.4 Å². The van der Waals surface area contributed by atoms with Crippen molar-refractivity contribution in [3.63, 3.8) is 0 Å². The van der Waals surface area contributed by atoms with Crippen molar-refractivity contribution in [1.82, 2.24) is 0 Å². The molecule has 0 unspecified atom stereocenters. The monoisotopic (exact) mass is 378 g/mol. The summed E-state index contributed by atoms with van der Waals surface area (Å²) >= 11 is 0. The van der Waals surface area contributed by atoms with Gasteiger partial charge in [-0.15, -0.1) is 0 Å². The van der Waals surface area contributed by atoms with Gasteiger partial charge in [0.15, 0.2) is 11.6 Å². The molecule has 0 saturated heterocycles. The summed E-state index contributed by atoms with van der Waals surface area (Å²) in [6.07, 6.45) is 16.4. The van der Waals surface area contributed by atoms with Crippen LogP contribution in [0.3, 0.4) is 0 Å². The molecule has 1 nitrogen and oxygen atoms in total. The van der Waals surface area contributed by atoms with Crippen molar-refractivity contribution in [3.05, 3.63) is 29.8 Å². The van der Waals surface area contributed by atoms with Crippen molar-refractivity contribution < 1.29 is 13.5 Å². The maximum absolute atomic E-state index is 13.2. The zero-order valence-corrected chi connectivity index (χ0v) is 16.9. The number of hydrogen-bond acceptors (Lipinski definition) is 1. The Morgan fingerprint density at radius 3 is 1.96 bits per heavy atom. The SMILES string of the molecule is CCC[C@H]1CC[C@H](C2CCC(CCCOc3ccc(F)c(F)c3)CC2)CC1. The van der Waals surface area contributed by atoms with Gasteiger partial charge in [0.05, 0.1) is 6.61 Å². The van der Waals surface area contributed by atoms with Gasteiger partial charge >= 0.3 is 0 Å². The Labute approximate surface area is 163 Å². The highest BCUT2D eigenvalue weighted by Gasteiger charge is 2.30. The number of rotatable bonds is 8. The lowest BCUT2D eigenvalue weighted by Gasteiger charge is -2.38. The summed E-state index contributed by atoms with van der Waals surface area (Å²) in [7, 11) is 0. The molecular weight excluding hydrogens is 342 g/mol. The van der Waals surface area contributed by atoms with E-state index in [1.807, 2.05) is 0 Å². The van der Waals surface area contributed by atoms with Gasteiger partial charge in [0.25, 0.3) is 0 Å². The van der Waals surface area contributed by atoms with Crippen molar-refractivity contribution >= 4 is 0 Å². The minimum Gasteiger partial charge on any atom is -0.493 e. The van der Waals surface area contributed by atoms with Gasteiger partial charge in [0.1, 0.15) is 5.75 Å². The minimum absolute atomic E-state index is 0.427. The Morgan fingerprint density at radius 1 is 0.815 bits per heavy atom. The van der Waals surface area contributed by atoms with Crippen LogP contribution in [0.4, 0.5) is 8.78 Å². The van der Waals surface area contributed by atoms with Crippen molar-refractivity contribution in [2.75, 3.05) is 6.61 Å². The van der Waals surface area contributed by atoms with Crippen LogP contribution in [0.25, 0.3) is 0 Å². The predicted molar refractivity (Wildman–Crippen MR) is 107 cm³/mol. The molecule has 0 aliphatic heterocycles. The Kier molecular flexibility index (Phi) is 7.96. The summed E-state index contributed by atoms with van der Waals surface area (Å²) < 4.78 is 31.7. The van der Waals surface area contributed by atoms with E-state index in [2.05, 4.69) is 6.92 Å². The lowest BCUT2D eigenvalue weighted by atomic mass is 9.68. The van der Waals surface area contributed by atoms with E-state index in [-0.39, 0.29) is 0 Å². The molecule has 0 bridgehead atoms. The van der Waals surface area contributed by atoms with Crippen LogP contribution < -0.4 is 4.74 Å². The van der Waals surface area contributed by atoms with Gasteiger partial charge in [0.2, 0.25) is 0 Å². The van der Waals surface area contributed by atoms with Crippen LogP contribution in [0.2, 0.25) is 0 Å². The Bertz CT molecular complexity index is 557. The Morgan fingerprint density at radius 2 is 1.41 bits per heavy atom. The van der Waals surface area contributed by atoms with Crippen LogP contribution in [-0.4, -0.2) is 6.61 Å². The Balaban J connectivity index is 1.29. The van der Waals surface area contributed by atoms with Gasteiger partial charge in [-0.1, -0.05) is 45.4 Å². The first-order valence-electron chi connectivity index (χ1n) is 11.2. The molecule has 0 atom stereocenters. The fraction of sp³-hybridized carbons (Fsp3) is 0.750. The highest BCUT2D eigenvalue weighted by atomic mass is 19.2. The van der Waals surface area contributed by atoms with Gasteiger partial charge in [-0.2, -0.15) is 0 Å². The molecule has 0 aromatic heterocycles. The van der Waals surface area contributed by atoms with E-state index in [9.17, 15) is 8.78 Å². The largest absolute Gasteiger partial charge is 0.493 e. The summed E-state index contributed by atoms with van der Waals surface area (Å²) in [5.74, 6) is 2.57. The summed E-state index contributed by atoms with van der Waals surface area (Å²) in [4.78, 5) is 0. The van der Waals surface area contributed by atoms with E-state index in [4.69, 9.17) is 4.74 Å². The highest BCUT2D eigenvalue weighted by molar-refractivity contribution is 5.23. The summed E-state index contributed by atoms with van der Waals surface area (Å²) in [5.41, 5.74) is 0. The summed E-state index contributed by atoms with van der Waals surface area (Å²) in [6.45, 7) is 2.91. The molecule has 0 heterocycles. The molecule has 1 aromatic rings. The fourth-order valence-electron chi connectivity index (χ4n) is 5.43. The normalized spacial score (nSPS) is 28.9. The molecule has 2 aliphatic rings. The van der Waals surface area contributed by atoms with Crippen molar-refractivity contribution in [1.29, 1.82) is 0 Å². The predicted octanol–water partition coefficient (Wildman–Crippen LogP) is 7.54. The van der Waals surface area contributed by atoms with Gasteiger partial charge in [-0.05, 0) is 74.3 Å². The first-order valence-corrected chi connectivity index (χ1v) is 11.2. The van der Waals surface area contributed by atoms with Crippen LogP contribution in [-0.2, 0) is 0 Å². The maximum Gasteiger partial charge on any atom is 0.162 e. The third-order valence-corrected chi connectivity index (χ3v) is 7.06. The van der Waals surface area contributed by atoms with Crippen LogP contribution in [0.5, 0.6) is 5.75 Å². The molecule has 0 N–H and O–H groups in total. The topological polar surface area (TPSA) is 9.23 Å². The van der Waals surface area contributed by atoms with Crippen LogP contribution >= 0.6 is 0 Å². The third-order valence-electron chi connectivity index (χ3n) is 7.06. The third kappa shape index (κ3) is 6.19. The molecule has 0 radical (unpaired) electrons. The first kappa shape index (κ1) is 20.6. The molecule has 0 amide bonds. The van der Waals surface area contributed by atoms with Gasteiger partial charge < -0.3 is 4.74 Å². The van der Waals surface area contributed by atoms with E-state index in [0.717, 1.165) is 42.2 Å². The van der Waals surface area contributed by atoms with Gasteiger partial charge in [0, 0.05) is 6.07 Å². The quantitative estimate of drug-likeness (QED) is 0.425. The number of ether oxygens (including phenoxy) is 1. The van der Waals surface area contributed by atoms with Gasteiger partial charge in [-0.3, -0.25) is 0 Å². The lowest BCUT2D eigenvalue weighted by molar-refractivity contribution is 0.138. The molecule has 2 saturated carbocycles. The molecule has 152 valence electrons. The molecule has 3 heteroatoms. The van der Waals surface area contributed by atoms with Crippen molar-refractivity contribution in [3.8, 4) is 5.75 Å². The van der Waals surface area contributed by atoms with Crippen LogP contribution in [0.15, 0.2) is 18.2 Å². The first-order chi connectivity index (χ1) is 13.2. The van der Waals surface area contributed by atoms with Crippen LogP contribution in [0, 0.1) is 35.3 Å². The number of hydrogen-bond donors (Lipinski definition) is 0. The van der Waals surface area contributed by atoms with Crippen LogP contribution in [0.1, 0.15) is 84.0 Å². The van der Waals surface area contributed by atoms with E-state index < -0.39 is 11.6 Å². The second-order valence-corrected chi connectivity index (χ2v) is 8.92. The fourth-order valence-corrected chi connectivity index (χ4v) is 5.43. The lowest BCUT2D eigenvalue weighted by Crippen LogP contribution is -2.26. The average molecular weight is 379 g/mol. The van der Waals surface area contributed by atoms with Gasteiger partial charge in [-0.25, -0.2) is 8.78 Å². The standard InChI is InChI=1S/C24H36F2O/c1-2-4-18-6-10-20(11-7-18)21-12-8-19(9-13-21)5-3-16-27-22-14-15-23(25)24(26)17-22/h14-15,17-21H,2-13,16H2,1H3/t18-,19?,20-,21?. The molecule has 27 heavy (non-hydrogen) atoms. The van der Waals surface area contributed by atoms with E-state index >= 15 is 0 Å². The smallest absolute Gasteiger partial charge is 0.162 e. The number of benzene rings is 1. The molecule has 2 fully saturated rings. The second kappa shape index (κ2) is 10.4. The zero-order valence-electron chi connectivity index (χ0n) is 16.9. The van der Waals surface area contributed by atoms with E-state index in [1.54, 1.807) is 0 Å². The second-order valence-electron chi connectivity index (χ2n) is 8.92. The summed E-state index contributed by atoms with van der Waals surface area (Å²) in [6, 6.07) is 3.76. The average Bonchev–Trinajstić information content (AvgIpc) is 2.69. The minimum atomic E-state index is -0.838. The molecule has 1 aromatic carbocycles. The molecule has 0 spiro atoms. The van der Waals surface area contributed by atoms with E-state index in [1.165, 1.54) is 76.7 Å². The Hall–Kier alpha value is -1.12. The van der Waals surface area contributed by atoms with Crippen molar-refractivity contribution in [2.24, 2.45) is 23.7 Å². The summed E-state index contributed by atoms with van der Waals surface area (Å²) in [5, 5.41) is 0. The highest BCUT2D eigenvalue weighted by Crippen LogP contribution is 2.42.